The average Bonchev–Trinajstić information content (AvgIpc) is 3.35. The van der Waals surface area contributed by atoms with Crippen molar-refractivity contribution < 1.29 is 5.11 Å². The summed E-state index contributed by atoms with van der Waals surface area (Å²) in [4.78, 5) is 2.40. The molecule has 1 atom stereocenters. The van der Waals surface area contributed by atoms with Gasteiger partial charge in [0.15, 0.2) is 0 Å². The molecule has 3 heteroatoms. The molecule has 3 rings (SSSR count). The van der Waals surface area contributed by atoms with E-state index in [0.717, 1.165) is 24.7 Å². The molecule has 2 aromatic carbocycles. The lowest BCUT2D eigenvalue weighted by Gasteiger charge is -2.17. The third kappa shape index (κ3) is 3.82. The van der Waals surface area contributed by atoms with E-state index < -0.39 is 6.10 Å². The molecule has 3 nitrogen and oxygen atoms in total. The number of rotatable bonds is 7. The fourth-order valence-electron chi connectivity index (χ4n) is 2.72. The zero-order chi connectivity index (χ0) is 14.7. The van der Waals surface area contributed by atoms with Crippen LogP contribution in [0.1, 0.15) is 24.5 Å². The molecule has 0 aromatic heterocycles. The maximum Gasteiger partial charge on any atom is 0.0914 e. The van der Waals surface area contributed by atoms with Gasteiger partial charge in [-0.25, -0.2) is 0 Å². The van der Waals surface area contributed by atoms with E-state index in [0.29, 0.717) is 6.54 Å². The number of hydrogen-bond acceptors (Lipinski definition) is 3. The first kappa shape index (κ1) is 14.5. The van der Waals surface area contributed by atoms with Crippen LogP contribution in [0.4, 0.5) is 0 Å². The monoisotopic (exact) mass is 284 g/mol. The van der Waals surface area contributed by atoms with E-state index in [1.807, 2.05) is 18.2 Å². The Kier molecular flexibility index (Phi) is 4.54. The van der Waals surface area contributed by atoms with Crippen LogP contribution >= 0.6 is 0 Å². The van der Waals surface area contributed by atoms with Crippen LogP contribution in [0.3, 0.4) is 0 Å². The van der Waals surface area contributed by atoms with Crippen molar-refractivity contribution in [2.75, 3.05) is 26.7 Å². The Morgan fingerprint density at radius 2 is 1.95 bits per heavy atom. The highest BCUT2D eigenvalue weighted by atomic mass is 16.3. The Labute approximate surface area is 126 Å². The van der Waals surface area contributed by atoms with Crippen molar-refractivity contribution in [1.29, 1.82) is 0 Å². The molecule has 1 unspecified atom stereocenters. The quantitative estimate of drug-likeness (QED) is 0.767. The first-order valence-corrected chi connectivity index (χ1v) is 7.82. The van der Waals surface area contributed by atoms with Crippen molar-refractivity contribution in [3.05, 3.63) is 48.0 Å². The molecule has 0 aliphatic heterocycles. The second-order valence-corrected chi connectivity index (χ2v) is 6.04. The Morgan fingerprint density at radius 3 is 2.71 bits per heavy atom. The topological polar surface area (TPSA) is 35.5 Å². The van der Waals surface area contributed by atoms with Gasteiger partial charge in [0.1, 0.15) is 0 Å². The smallest absolute Gasteiger partial charge is 0.0914 e. The highest BCUT2D eigenvalue weighted by Crippen LogP contribution is 2.24. The number of nitrogens with zero attached hydrogens (tertiary/aromatic N) is 1. The number of nitrogens with one attached hydrogen (secondary N) is 1. The summed E-state index contributed by atoms with van der Waals surface area (Å²) in [5.41, 5.74) is 0.983. The Morgan fingerprint density at radius 1 is 1.19 bits per heavy atom. The van der Waals surface area contributed by atoms with E-state index >= 15 is 0 Å². The average molecular weight is 284 g/mol. The summed E-state index contributed by atoms with van der Waals surface area (Å²) >= 11 is 0. The van der Waals surface area contributed by atoms with E-state index in [1.54, 1.807) is 0 Å². The predicted molar refractivity (Wildman–Crippen MR) is 87.4 cm³/mol. The van der Waals surface area contributed by atoms with Gasteiger partial charge in [-0.05, 0) is 42.3 Å². The molecule has 1 aliphatic carbocycles. The maximum atomic E-state index is 10.3. The Bertz CT molecular complexity index is 595. The molecule has 0 radical (unpaired) electrons. The maximum absolute atomic E-state index is 10.3. The predicted octanol–water partition coefficient (Wildman–Crippen LogP) is 2.56. The van der Waals surface area contributed by atoms with Crippen LogP contribution in [0.5, 0.6) is 0 Å². The number of aliphatic hydroxyl groups is 1. The largest absolute Gasteiger partial charge is 0.387 e. The molecule has 1 saturated carbocycles. The van der Waals surface area contributed by atoms with Gasteiger partial charge in [0.25, 0.3) is 0 Å². The van der Waals surface area contributed by atoms with Crippen LogP contribution in [-0.2, 0) is 0 Å². The third-order valence-electron chi connectivity index (χ3n) is 4.31. The van der Waals surface area contributed by atoms with Gasteiger partial charge in [-0.3, -0.25) is 0 Å². The summed E-state index contributed by atoms with van der Waals surface area (Å²) in [6.45, 7) is 2.59. The molecule has 0 saturated heterocycles. The summed E-state index contributed by atoms with van der Waals surface area (Å²) in [5.74, 6) is 0. The zero-order valence-electron chi connectivity index (χ0n) is 12.6. The van der Waals surface area contributed by atoms with Gasteiger partial charge >= 0.3 is 0 Å². The number of benzene rings is 2. The van der Waals surface area contributed by atoms with Crippen LogP contribution in [0.15, 0.2) is 42.5 Å². The lowest BCUT2D eigenvalue weighted by molar-refractivity contribution is 0.173. The molecule has 2 aromatic rings. The fraction of sp³-hybridized carbons (Fsp3) is 0.444. The van der Waals surface area contributed by atoms with Crippen LogP contribution in [-0.4, -0.2) is 42.7 Å². The van der Waals surface area contributed by atoms with Crippen LogP contribution in [0.2, 0.25) is 0 Å². The van der Waals surface area contributed by atoms with E-state index in [4.69, 9.17) is 0 Å². The Hall–Kier alpha value is -1.42. The van der Waals surface area contributed by atoms with Gasteiger partial charge in [-0.15, -0.1) is 0 Å². The van der Waals surface area contributed by atoms with Gasteiger partial charge in [-0.2, -0.15) is 0 Å². The third-order valence-corrected chi connectivity index (χ3v) is 4.31. The van der Waals surface area contributed by atoms with E-state index in [9.17, 15) is 5.11 Å². The molecule has 0 amide bonds. The van der Waals surface area contributed by atoms with Gasteiger partial charge < -0.3 is 15.3 Å². The summed E-state index contributed by atoms with van der Waals surface area (Å²) in [6, 6.07) is 15.2. The number of fused-ring (bicyclic) bond motifs is 1. The minimum absolute atomic E-state index is 0.444. The summed E-state index contributed by atoms with van der Waals surface area (Å²) in [5, 5.41) is 16.0. The van der Waals surface area contributed by atoms with Crippen molar-refractivity contribution >= 4 is 10.8 Å². The molecule has 0 spiro atoms. The molecular formula is C18H24N2O. The summed E-state index contributed by atoms with van der Waals surface area (Å²) in [7, 11) is 2.18. The first-order valence-electron chi connectivity index (χ1n) is 7.82. The minimum Gasteiger partial charge on any atom is -0.387 e. The van der Waals surface area contributed by atoms with Crippen LogP contribution < -0.4 is 5.32 Å². The van der Waals surface area contributed by atoms with Crippen molar-refractivity contribution in [1.82, 2.24) is 10.2 Å². The molecule has 2 N–H and O–H groups in total. The number of hydrogen-bond donors (Lipinski definition) is 2. The SMILES string of the molecule is CN(CCNCC(O)c1ccc2ccccc2c1)C1CC1. The zero-order valence-corrected chi connectivity index (χ0v) is 12.6. The van der Waals surface area contributed by atoms with Gasteiger partial charge in [-0.1, -0.05) is 36.4 Å². The molecule has 0 bridgehead atoms. The second-order valence-electron chi connectivity index (χ2n) is 6.04. The fourth-order valence-corrected chi connectivity index (χ4v) is 2.72. The molecule has 21 heavy (non-hydrogen) atoms. The summed E-state index contributed by atoms with van der Waals surface area (Å²) in [6.07, 6.45) is 2.24. The van der Waals surface area contributed by atoms with E-state index in [2.05, 4.69) is 41.5 Å². The minimum atomic E-state index is -0.444. The van der Waals surface area contributed by atoms with Crippen LogP contribution in [0.25, 0.3) is 10.8 Å². The highest BCUT2D eigenvalue weighted by molar-refractivity contribution is 5.83. The van der Waals surface area contributed by atoms with Crippen molar-refractivity contribution in [3.8, 4) is 0 Å². The number of likely N-dealkylation sites (N-methyl/N-ethyl adjacent to an activating group) is 1. The standard InChI is InChI=1S/C18H24N2O/c1-20(17-8-9-17)11-10-19-13-18(21)16-7-6-14-4-2-3-5-15(14)12-16/h2-7,12,17-19,21H,8-11,13H2,1H3. The Balaban J connectivity index is 1.50. The van der Waals surface area contributed by atoms with Crippen LogP contribution in [0, 0.1) is 0 Å². The molecule has 1 aliphatic rings. The van der Waals surface area contributed by atoms with Gasteiger partial charge in [0.2, 0.25) is 0 Å². The second kappa shape index (κ2) is 6.56. The molecule has 112 valence electrons. The normalized spacial score (nSPS) is 16.5. The van der Waals surface area contributed by atoms with E-state index in [-0.39, 0.29) is 0 Å². The van der Waals surface area contributed by atoms with Crippen molar-refractivity contribution in [2.24, 2.45) is 0 Å². The van der Waals surface area contributed by atoms with Crippen molar-refractivity contribution in [3.63, 3.8) is 0 Å². The molecule has 1 fully saturated rings. The summed E-state index contributed by atoms with van der Waals surface area (Å²) < 4.78 is 0. The first-order chi connectivity index (χ1) is 10.2. The van der Waals surface area contributed by atoms with E-state index in [1.165, 1.54) is 23.6 Å². The lowest BCUT2D eigenvalue weighted by atomic mass is 10.0. The van der Waals surface area contributed by atoms with Crippen molar-refractivity contribution in [2.45, 2.75) is 25.0 Å². The number of aliphatic hydroxyl groups excluding tert-OH is 1. The molecular weight excluding hydrogens is 260 g/mol. The van der Waals surface area contributed by atoms with Gasteiger partial charge in [0.05, 0.1) is 6.10 Å². The highest BCUT2D eigenvalue weighted by Gasteiger charge is 2.25. The molecule has 0 heterocycles. The lowest BCUT2D eigenvalue weighted by Crippen LogP contribution is -2.32. The van der Waals surface area contributed by atoms with Gasteiger partial charge in [0, 0.05) is 25.7 Å².